The van der Waals surface area contributed by atoms with Crippen molar-refractivity contribution in [1.82, 2.24) is 0 Å². The molecule has 0 heterocycles. The van der Waals surface area contributed by atoms with Gasteiger partial charge in [-0.05, 0) is 49.8 Å². The highest BCUT2D eigenvalue weighted by Crippen LogP contribution is 2.27. The minimum Gasteiger partial charge on any atom is -0.399 e. The predicted octanol–water partition coefficient (Wildman–Crippen LogP) is 3.13. The van der Waals surface area contributed by atoms with Crippen LogP contribution in [0.2, 0.25) is 0 Å². The van der Waals surface area contributed by atoms with Gasteiger partial charge in [0.15, 0.2) is 0 Å². The predicted molar refractivity (Wildman–Crippen MR) is 70.6 cm³/mol. The van der Waals surface area contributed by atoms with Crippen molar-refractivity contribution in [3.05, 3.63) is 23.8 Å². The fraction of sp³-hybridized carbons (Fsp3) is 0.500. The molecule has 3 heteroatoms. The lowest BCUT2D eigenvalue weighted by molar-refractivity contribution is 0.361. The van der Waals surface area contributed by atoms with Crippen LogP contribution in [0.1, 0.15) is 38.2 Å². The monoisotopic (exact) mass is 229 g/mol. The summed E-state index contributed by atoms with van der Waals surface area (Å²) in [7, 11) is 0. The molecule has 3 N–H and O–H groups in total. The molecule has 0 atom stereocenters. The van der Waals surface area contributed by atoms with Gasteiger partial charge in [0.1, 0.15) is 6.07 Å². The van der Waals surface area contributed by atoms with E-state index in [1.54, 1.807) is 6.07 Å². The Hall–Kier alpha value is -1.69. The zero-order valence-electron chi connectivity index (χ0n) is 10.2. The molecule has 3 nitrogen and oxygen atoms in total. The Labute approximate surface area is 103 Å². The molecule has 1 fully saturated rings. The van der Waals surface area contributed by atoms with E-state index in [1.807, 2.05) is 12.1 Å². The lowest BCUT2D eigenvalue weighted by Gasteiger charge is -2.28. The van der Waals surface area contributed by atoms with Crippen LogP contribution >= 0.6 is 0 Å². The van der Waals surface area contributed by atoms with Crippen LogP contribution in [0.25, 0.3) is 0 Å². The highest BCUT2D eigenvalue weighted by atomic mass is 14.9. The van der Waals surface area contributed by atoms with E-state index in [4.69, 9.17) is 11.0 Å². The number of nitrogen functional groups attached to an aromatic ring is 1. The Morgan fingerprint density at radius 3 is 2.65 bits per heavy atom. The molecular formula is C14H19N3. The average molecular weight is 229 g/mol. The zero-order chi connectivity index (χ0) is 12.3. The van der Waals surface area contributed by atoms with E-state index in [0.29, 0.717) is 17.3 Å². The minimum atomic E-state index is 0.502. The van der Waals surface area contributed by atoms with Crippen LogP contribution in [0.4, 0.5) is 11.4 Å². The summed E-state index contributed by atoms with van der Waals surface area (Å²) in [4.78, 5) is 0. The normalized spacial score (nSPS) is 24.0. The van der Waals surface area contributed by atoms with E-state index in [9.17, 15) is 0 Å². The zero-order valence-corrected chi connectivity index (χ0v) is 10.2. The number of benzene rings is 1. The standard InChI is InChI=1S/C14H19N3/c1-10-2-5-13(6-3-10)17-14-7-4-12(16)8-11(14)9-15/h4,7-8,10,13,17H,2-3,5-6,16H2,1H3. The molecule has 1 saturated carbocycles. The number of nitrogens with zero attached hydrogens (tertiary/aromatic N) is 1. The fourth-order valence-corrected chi connectivity index (χ4v) is 2.40. The van der Waals surface area contributed by atoms with Crippen molar-refractivity contribution in [2.45, 2.75) is 38.6 Å². The van der Waals surface area contributed by atoms with E-state index < -0.39 is 0 Å². The smallest absolute Gasteiger partial charge is 0.101 e. The third-order valence-electron chi connectivity index (χ3n) is 3.54. The molecule has 0 bridgehead atoms. The van der Waals surface area contributed by atoms with Crippen molar-refractivity contribution < 1.29 is 0 Å². The van der Waals surface area contributed by atoms with Crippen LogP contribution < -0.4 is 11.1 Å². The summed E-state index contributed by atoms with van der Waals surface area (Å²) in [5.74, 6) is 0.843. The Morgan fingerprint density at radius 1 is 1.29 bits per heavy atom. The molecule has 1 aromatic carbocycles. The topological polar surface area (TPSA) is 61.8 Å². The van der Waals surface area contributed by atoms with E-state index in [0.717, 1.165) is 11.6 Å². The van der Waals surface area contributed by atoms with E-state index in [-0.39, 0.29) is 0 Å². The molecule has 1 aliphatic rings. The molecule has 1 aromatic rings. The molecule has 0 aromatic heterocycles. The van der Waals surface area contributed by atoms with E-state index in [2.05, 4.69) is 18.3 Å². The number of hydrogen-bond donors (Lipinski definition) is 2. The summed E-state index contributed by atoms with van der Waals surface area (Å²) >= 11 is 0. The van der Waals surface area contributed by atoms with Crippen molar-refractivity contribution in [1.29, 1.82) is 5.26 Å². The Balaban J connectivity index is 2.06. The largest absolute Gasteiger partial charge is 0.399 e. The molecule has 0 radical (unpaired) electrons. The number of hydrogen-bond acceptors (Lipinski definition) is 3. The van der Waals surface area contributed by atoms with Gasteiger partial charge in [-0.15, -0.1) is 0 Å². The van der Waals surface area contributed by atoms with Crippen LogP contribution in [-0.2, 0) is 0 Å². The summed E-state index contributed by atoms with van der Waals surface area (Å²) in [6, 6.07) is 8.17. The molecular weight excluding hydrogens is 210 g/mol. The maximum Gasteiger partial charge on any atom is 0.101 e. The van der Waals surface area contributed by atoms with Gasteiger partial charge in [0.25, 0.3) is 0 Å². The van der Waals surface area contributed by atoms with Crippen LogP contribution in [0.5, 0.6) is 0 Å². The van der Waals surface area contributed by atoms with Crippen LogP contribution in [0.15, 0.2) is 18.2 Å². The van der Waals surface area contributed by atoms with Gasteiger partial charge in [-0.2, -0.15) is 5.26 Å². The van der Waals surface area contributed by atoms with Gasteiger partial charge >= 0.3 is 0 Å². The number of nitrogens with two attached hydrogens (primary N) is 1. The highest BCUT2D eigenvalue weighted by Gasteiger charge is 2.18. The summed E-state index contributed by atoms with van der Waals surface area (Å²) in [5.41, 5.74) is 7.88. The summed E-state index contributed by atoms with van der Waals surface area (Å²) < 4.78 is 0. The highest BCUT2D eigenvalue weighted by molar-refractivity contribution is 5.63. The van der Waals surface area contributed by atoms with Gasteiger partial charge < -0.3 is 11.1 Å². The number of anilines is 2. The molecule has 0 aliphatic heterocycles. The molecule has 90 valence electrons. The van der Waals surface area contributed by atoms with Crippen LogP contribution in [0.3, 0.4) is 0 Å². The van der Waals surface area contributed by atoms with Crippen LogP contribution in [0, 0.1) is 17.2 Å². The molecule has 0 unspecified atom stereocenters. The molecule has 0 saturated heterocycles. The Bertz CT molecular complexity index is 426. The van der Waals surface area contributed by atoms with Gasteiger partial charge in [-0.3, -0.25) is 0 Å². The number of nitrogens with one attached hydrogen (secondary N) is 1. The molecule has 0 spiro atoms. The van der Waals surface area contributed by atoms with E-state index >= 15 is 0 Å². The van der Waals surface area contributed by atoms with Crippen molar-refractivity contribution in [3.8, 4) is 6.07 Å². The second-order valence-corrected chi connectivity index (χ2v) is 5.02. The number of nitriles is 1. The van der Waals surface area contributed by atoms with Gasteiger partial charge in [-0.25, -0.2) is 0 Å². The van der Waals surface area contributed by atoms with Crippen molar-refractivity contribution in [2.24, 2.45) is 5.92 Å². The molecule has 0 amide bonds. The Morgan fingerprint density at radius 2 is 2.00 bits per heavy atom. The van der Waals surface area contributed by atoms with Gasteiger partial charge in [0.05, 0.1) is 11.3 Å². The summed E-state index contributed by atoms with van der Waals surface area (Å²) in [6.07, 6.45) is 4.93. The second-order valence-electron chi connectivity index (χ2n) is 5.02. The molecule has 1 aliphatic carbocycles. The van der Waals surface area contributed by atoms with Gasteiger partial charge in [-0.1, -0.05) is 6.92 Å². The first-order valence-corrected chi connectivity index (χ1v) is 6.25. The van der Waals surface area contributed by atoms with Crippen molar-refractivity contribution in [3.63, 3.8) is 0 Å². The lowest BCUT2D eigenvalue weighted by atomic mass is 9.87. The fourth-order valence-electron chi connectivity index (χ4n) is 2.40. The quantitative estimate of drug-likeness (QED) is 0.766. The maximum absolute atomic E-state index is 9.07. The maximum atomic E-state index is 9.07. The minimum absolute atomic E-state index is 0.502. The third kappa shape index (κ3) is 2.91. The van der Waals surface area contributed by atoms with E-state index in [1.165, 1.54) is 25.7 Å². The van der Waals surface area contributed by atoms with Crippen molar-refractivity contribution in [2.75, 3.05) is 11.1 Å². The third-order valence-corrected chi connectivity index (χ3v) is 3.54. The SMILES string of the molecule is CC1CCC(Nc2ccc(N)cc2C#N)CC1. The first kappa shape index (κ1) is 11.8. The average Bonchev–Trinajstić information content (AvgIpc) is 2.34. The molecule has 2 rings (SSSR count). The van der Waals surface area contributed by atoms with Gasteiger partial charge in [0.2, 0.25) is 0 Å². The second kappa shape index (κ2) is 5.09. The van der Waals surface area contributed by atoms with Gasteiger partial charge in [0, 0.05) is 11.7 Å². The van der Waals surface area contributed by atoms with Crippen LogP contribution in [-0.4, -0.2) is 6.04 Å². The Kier molecular flexibility index (Phi) is 3.53. The first-order chi connectivity index (χ1) is 8.19. The number of rotatable bonds is 2. The summed E-state index contributed by atoms with van der Waals surface area (Å²) in [6.45, 7) is 2.31. The lowest BCUT2D eigenvalue weighted by Crippen LogP contribution is -2.25. The summed E-state index contributed by atoms with van der Waals surface area (Å²) in [5, 5.41) is 12.5. The molecule has 17 heavy (non-hydrogen) atoms. The van der Waals surface area contributed by atoms with Crippen molar-refractivity contribution >= 4 is 11.4 Å². The first-order valence-electron chi connectivity index (χ1n) is 6.25.